The molecule has 2 nitrogen and oxygen atoms in total. The van der Waals surface area contributed by atoms with Crippen LogP contribution in [-0.2, 0) is 0 Å². The molecule has 0 fully saturated rings. The summed E-state index contributed by atoms with van der Waals surface area (Å²) >= 11 is 1.84. The van der Waals surface area contributed by atoms with Crippen molar-refractivity contribution < 1.29 is 0 Å². The van der Waals surface area contributed by atoms with Crippen LogP contribution in [0.5, 0.6) is 0 Å². The number of hydrogen-bond acceptors (Lipinski definition) is 3. The molecule has 5 aromatic carbocycles. The predicted octanol–water partition coefficient (Wildman–Crippen LogP) is 9.50. The lowest BCUT2D eigenvalue weighted by molar-refractivity contribution is 1.17. The SMILES string of the molecule is c1cc(-c2ccccc2N2c3ccccc3Sc3ccccc32)cc(-c2cccc3ncccc23)c1. The van der Waals surface area contributed by atoms with Gasteiger partial charge in [-0.1, -0.05) is 90.6 Å². The number of pyridine rings is 1. The Hall–Kier alpha value is -4.34. The normalized spacial score (nSPS) is 12.3. The number of aromatic nitrogens is 1. The van der Waals surface area contributed by atoms with Gasteiger partial charge in [-0.25, -0.2) is 0 Å². The lowest BCUT2D eigenvalue weighted by atomic mass is 9.95. The molecular weight excluding hydrogens is 456 g/mol. The predicted molar refractivity (Wildman–Crippen MR) is 151 cm³/mol. The van der Waals surface area contributed by atoms with Crippen molar-refractivity contribution in [2.45, 2.75) is 9.79 Å². The summed E-state index contributed by atoms with van der Waals surface area (Å²) in [5.41, 5.74) is 9.40. The summed E-state index contributed by atoms with van der Waals surface area (Å²) in [7, 11) is 0. The standard InChI is InChI=1S/C33H22N2S/c1-2-16-29(35-30-17-3-5-19-32(30)36-33-20-6-4-18-31(33)35)26(12-1)24-11-7-10-23(22-24)25-13-8-15-28-27(25)14-9-21-34-28/h1-22H. The molecular formula is C33H22N2S. The van der Waals surface area contributed by atoms with Crippen molar-refractivity contribution in [1.82, 2.24) is 4.98 Å². The van der Waals surface area contributed by atoms with Crippen LogP contribution in [0.4, 0.5) is 17.1 Å². The van der Waals surface area contributed by atoms with Gasteiger partial charge in [0.05, 0.1) is 22.6 Å². The van der Waals surface area contributed by atoms with Gasteiger partial charge in [-0.05, 0) is 65.2 Å². The molecule has 0 amide bonds. The summed E-state index contributed by atoms with van der Waals surface area (Å²) in [6.45, 7) is 0. The van der Waals surface area contributed by atoms with Gasteiger partial charge in [0, 0.05) is 26.9 Å². The Morgan fingerprint density at radius 3 is 1.89 bits per heavy atom. The Balaban J connectivity index is 1.41. The largest absolute Gasteiger partial charge is 0.308 e. The molecule has 36 heavy (non-hydrogen) atoms. The Morgan fingerprint density at radius 1 is 0.500 bits per heavy atom. The minimum Gasteiger partial charge on any atom is -0.308 e. The Morgan fingerprint density at radius 2 is 1.11 bits per heavy atom. The summed E-state index contributed by atoms with van der Waals surface area (Å²) in [5, 5.41) is 1.17. The van der Waals surface area contributed by atoms with Gasteiger partial charge in [-0.3, -0.25) is 4.98 Å². The van der Waals surface area contributed by atoms with Crippen molar-refractivity contribution in [3.05, 3.63) is 134 Å². The third kappa shape index (κ3) is 3.48. The van der Waals surface area contributed by atoms with Crippen molar-refractivity contribution >= 4 is 39.7 Å². The van der Waals surface area contributed by atoms with E-state index >= 15 is 0 Å². The van der Waals surface area contributed by atoms with Gasteiger partial charge in [-0.2, -0.15) is 0 Å². The van der Waals surface area contributed by atoms with E-state index in [0.29, 0.717) is 0 Å². The smallest absolute Gasteiger partial charge is 0.0708 e. The zero-order valence-electron chi connectivity index (χ0n) is 19.5. The summed E-state index contributed by atoms with van der Waals surface area (Å²) < 4.78 is 0. The summed E-state index contributed by atoms with van der Waals surface area (Å²) in [5.74, 6) is 0. The van der Waals surface area contributed by atoms with Gasteiger partial charge in [0.1, 0.15) is 0 Å². The van der Waals surface area contributed by atoms with Crippen molar-refractivity contribution in [3.63, 3.8) is 0 Å². The van der Waals surface area contributed by atoms with Crippen molar-refractivity contribution in [2.75, 3.05) is 4.90 Å². The number of para-hydroxylation sites is 3. The number of benzene rings is 5. The molecule has 0 saturated carbocycles. The molecule has 0 aliphatic carbocycles. The molecule has 1 aliphatic rings. The number of rotatable bonds is 3. The first kappa shape index (κ1) is 21.0. The fourth-order valence-corrected chi connectivity index (χ4v) is 6.14. The molecule has 1 aromatic heterocycles. The first-order valence-corrected chi connectivity index (χ1v) is 12.9. The second-order valence-electron chi connectivity index (χ2n) is 8.85. The first-order valence-electron chi connectivity index (χ1n) is 12.1. The molecule has 0 saturated heterocycles. The van der Waals surface area contributed by atoms with E-state index in [4.69, 9.17) is 0 Å². The van der Waals surface area contributed by atoms with Gasteiger partial charge in [0.15, 0.2) is 0 Å². The van der Waals surface area contributed by atoms with Crippen LogP contribution in [-0.4, -0.2) is 4.98 Å². The molecule has 0 atom stereocenters. The van der Waals surface area contributed by atoms with Gasteiger partial charge in [0.2, 0.25) is 0 Å². The number of hydrogen-bond donors (Lipinski definition) is 0. The van der Waals surface area contributed by atoms with Crippen LogP contribution in [0.25, 0.3) is 33.2 Å². The summed E-state index contributed by atoms with van der Waals surface area (Å²) in [4.78, 5) is 9.50. The molecule has 1 aliphatic heterocycles. The van der Waals surface area contributed by atoms with Crippen LogP contribution in [0, 0.1) is 0 Å². The van der Waals surface area contributed by atoms with Gasteiger partial charge in [-0.15, -0.1) is 0 Å². The fraction of sp³-hybridized carbons (Fsp3) is 0. The molecule has 0 bridgehead atoms. The molecule has 0 unspecified atom stereocenters. The maximum Gasteiger partial charge on any atom is 0.0708 e. The Labute approximate surface area is 214 Å². The average molecular weight is 479 g/mol. The second-order valence-corrected chi connectivity index (χ2v) is 9.93. The van der Waals surface area contributed by atoms with Crippen molar-refractivity contribution in [2.24, 2.45) is 0 Å². The molecule has 7 rings (SSSR count). The molecule has 0 spiro atoms. The minimum atomic E-state index is 1.01. The number of anilines is 3. The molecule has 6 aromatic rings. The highest BCUT2D eigenvalue weighted by Gasteiger charge is 2.26. The van der Waals surface area contributed by atoms with Crippen molar-refractivity contribution in [3.8, 4) is 22.3 Å². The third-order valence-corrected chi connectivity index (χ3v) is 7.84. The highest BCUT2D eigenvalue weighted by Crippen LogP contribution is 2.52. The van der Waals surface area contributed by atoms with Gasteiger partial charge < -0.3 is 4.90 Å². The van der Waals surface area contributed by atoms with Crippen LogP contribution in [0.3, 0.4) is 0 Å². The quantitative estimate of drug-likeness (QED) is 0.251. The highest BCUT2D eigenvalue weighted by molar-refractivity contribution is 7.99. The van der Waals surface area contributed by atoms with E-state index in [-0.39, 0.29) is 0 Å². The lowest BCUT2D eigenvalue weighted by Gasteiger charge is -2.34. The topological polar surface area (TPSA) is 16.1 Å². The van der Waals surface area contributed by atoms with E-state index in [0.717, 1.165) is 5.52 Å². The maximum absolute atomic E-state index is 4.56. The van der Waals surface area contributed by atoms with E-state index in [2.05, 4.69) is 131 Å². The third-order valence-electron chi connectivity index (χ3n) is 6.71. The average Bonchev–Trinajstić information content (AvgIpc) is 2.95. The number of nitrogens with zero attached hydrogens (tertiary/aromatic N) is 2. The molecule has 2 heterocycles. The number of fused-ring (bicyclic) bond motifs is 3. The molecule has 0 N–H and O–H groups in total. The van der Waals surface area contributed by atoms with E-state index in [1.807, 2.05) is 24.0 Å². The van der Waals surface area contributed by atoms with Gasteiger partial charge >= 0.3 is 0 Å². The fourth-order valence-electron chi connectivity index (χ4n) is 5.09. The first-order chi connectivity index (χ1) is 17.9. The Kier molecular flexibility index (Phi) is 5.07. The zero-order chi connectivity index (χ0) is 23.9. The van der Waals surface area contributed by atoms with E-state index in [1.165, 1.54) is 54.5 Å². The zero-order valence-corrected chi connectivity index (χ0v) is 20.3. The monoisotopic (exact) mass is 478 g/mol. The Bertz CT molecular complexity index is 1690. The highest BCUT2D eigenvalue weighted by atomic mass is 32.2. The minimum absolute atomic E-state index is 1.01. The van der Waals surface area contributed by atoms with Crippen LogP contribution >= 0.6 is 11.8 Å². The lowest BCUT2D eigenvalue weighted by Crippen LogP contribution is -2.15. The van der Waals surface area contributed by atoms with Gasteiger partial charge in [0.25, 0.3) is 0 Å². The van der Waals surface area contributed by atoms with E-state index < -0.39 is 0 Å². The van der Waals surface area contributed by atoms with Crippen LogP contribution in [0.15, 0.2) is 143 Å². The van der Waals surface area contributed by atoms with Crippen LogP contribution in [0.1, 0.15) is 0 Å². The molecule has 3 heteroatoms. The van der Waals surface area contributed by atoms with Crippen molar-refractivity contribution in [1.29, 1.82) is 0 Å². The van der Waals surface area contributed by atoms with E-state index in [1.54, 1.807) is 0 Å². The molecule has 0 radical (unpaired) electrons. The second kappa shape index (κ2) is 8.71. The summed E-state index contributed by atoms with van der Waals surface area (Å²) in [6, 6.07) is 45.4. The maximum atomic E-state index is 4.56. The van der Waals surface area contributed by atoms with Crippen LogP contribution < -0.4 is 4.90 Å². The van der Waals surface area contributed by atoms with E-state index in [9.17, 15) is 0 Å². The van der Waals surface area contributed by atoms with Crippen LogP contribution in [0.2, 0.25) is 0 Å². The summed E-state index contributed by atoms with van der Waals surface area (Å²) in [6.07, 6.45) is 1.85. The molecule has 170 valence electrons.